The minimum Gasteiger partial charge on any atom is -0.401 e. The number of hydrogen-bond donors (Lipinski definition) is 1. The molecule has 4 aromatic heterocycles. The molecule has 0 radical (unpaired) electrons. The molecule has 5 rings (SSSR count). The largest absolute Gasteiger partial charge is 0.401 e. The van der Waals surface area contributed by atoms with Crippen LogP contribution in [0.3, 0.4) is 0 Å². The number of aromatic amines is 1. The van der Waals surface area contributed by atoms with Crippen molar-refractivity contribution in [2.45, 2.75) is 25.3 Å². The third-order valence-corrected chi connectivity index (χ3v) is 4.63. The Bertz CT molecular complexity index is 1080. The van der Waals surface area contributed by atoms with Gasteiger partial charge in [-0.2, -0.15) is 13.9 Å². The summed E-state index contributed by atoms with van der Waals surface area (Å²) in [6.07, 6.45) is 4.12. The number of pyridine rings is 1. The molecule has 27 heavy (non-hydrogen) atoms. The van der Waals surface area contributed by atoms with Gasteiger partial charge in [0, 0.05) is 31.8 Å². The van der Waals surface area contributed by atoms with Gasteiger partial charge in [0.25, 0.3) is 5.89 Å². The van der Waals surface area contributed by atoms with E-state index in [1.54, 1.807) is 15.7 Å². The Balaban J connectivity index is 1.63. The number of aromatic nitrogens is 6. The van der Waals surface area contributed by atoms with Gasteiger partial charge in [0.15, 0.2) is 0 Å². The molecule has 4 aromatic rings. The summed E-state index contributed by atoms with van der Waals surface area (Å²) in [4.78, 5) is 9.34. The molecule has 138 valence electrons. The van der Waals surface area contributed by atoms with Gasteiger partial charge >= 0.3 is 11.9 Å². The molecule has 1 aliphatic heterocycles. The number of alkyl halides is 2. The van der Waals surface area contributed by atoms with Crippen LogP contribution in [-0.2, 0) is 12.3 Å². The van der Waals surface area contributed by atoms with E-state index in [9.17, 15) is 8.78 Å². The first-order chi connectivity index (χ1) is 13.0. The predicted octanol–water partition coefficient (Wildman–Crippen LogP) is 2.70. The molecule has 8 nitrogen and oxygen atoms in total. The second-order valence-electron chi connectivity index (χ2n) is 6.53. The summed E-state index contributed by atoms with van der Waals surface area (Å²) in [5.74, 6) is -3.91. The van der Waals surface area contributed by atoms with E-state index in [2.05, 4.69) is 25.3 Å². The van der Waals surface area contributed by atoms with Crippen LogP contribution in [0.4, 0.5) is 14.8 Å². The lowest BCUT2D eigenvalue weighted by atomic mass is 10.0. The van der Waals surface area contributed by atoms with Crippen molar-refractivity contribution >= 4 is 11.5 Å². The highest BCUT2D eigenvalue weighted by atomic mass is 19.3. The average molecular weight is 371 g/mol. The third-order valence-electron chi connectivity index (χ3n) is 4.63. The first-order valence-electron chi connectivity index (χ1n) is 8.45. The molecule has 0 saturated heterocycles. The van der Waals surface area contributed by atoms with Crippen LogP contribution in [0.15, 0.2) is 41.2 Å². The summed E-state index contributed by atoms with van der Waals surface area (Å²) < 4.78 is 34.1. The molecule has 0 spiro atoms. The van der Waals surface area contributed by atoms with Crippen LogP contribution in [0.25, 0.3) is 5.52 Å². The second-order valence-corrected chi connectivity index (χ2v) is 6.53. The molecule has 0 fully saturated rings. The lowest BCUT2D eigenvalue weighted by Crippen LogP contribution is -2.37. The maximum Gasteiger partial charge on any atom is 0.321 e. The molecule has 1 N–H and O–H groups in total. The minimum absolute atomic E-state index is 0.0298. The van der Waals surface area contributed by atoms with Crippen molar-refractivity contribution in [2.24, 2.45) is 0 Å². The van der Waals surface area contributed by atoms with Gasteiger partial charge in [0.2, 0.25) is 0 Å². The fraction of sp³-hybridized carbons (Fsp3) is 0.294. The second kappa shape index (κ2) is 5.60. The number of anilines is 1. The maximum absolute atomic E-state index is 13.5. The molecule has 5 heterocycles. The highest BCUT2D eigenvalue weighted by Crippen LogP contribution is 2.37. The van der Waals surface area contributed by atoms with E-state index in [1.165, 1.54) is 0 Å². The summed E-state index contributed by atoms with van der Waals surface area (Å²) in [5, 5.41) is 12.0. The van der Waals surface area contributed by atoms with Gasteiger partial charge in [-0.1, -0.05) is 11.2 Å². The van der Waals surface area contributed by atoms with Gasteiger partial charge in [-0.05, 0) is 18.2 Å². The summed E-state index contributed by atoms with van der Waals surface area (Å²) >= 11 is 0. The van der Waals surface area contributed by atoms with Gasteiger partial charge in [-0.3, -0.25) is 0 Å². The molecule has 1 atom stereocenters. The van der Waals surface area contributed by atoms with E-state index in [4.69, 9.17) is 4.42 Å². The Hall–Kier alpha value is -3.30. The number of H-pyrrole nitrogens is 1. The summed E-state index contributed by atoms with van der Waals surface area (Å²) in [6, 6.07) is 7.30. The fourth-order valence-corrected chi connectivity index (χ4v) is 3.38. The van der Waals surface area contributed by atoms with Crippen LogP contribution in [0.2, 0.25) is 0 Å². The van der Waals surface area contributed by atoms with Crippen LogP contribution in [0.5, 0.6) is 0 Å². The molecular formula is C17H15F2N7O. The van der Waals surface area contributed by atoms with Crippen LogP contribution in [0.1, 0.15) is 35.9 Å². The molecular weight excluding hydrogens is 356 g/mol. The van der Waals surface area contributed by atoms with Crippen molar-refractivity contribution in [2.75, 3.05) is 11.4 Å². The Kier molecular flexibility index (Phi) is 3.30. The van der Waals surface area contributed by atoms with Crippen molar-refractivity contribution in [3.63, 3.8) is 0 Å². The molecule has 1 aliphatic rings. The Morgan fingerprint density at radius 1 is 1.30 bits per heavy atom. The Morgan fingerprint density at radius 3 is 2.96 bits per heavy atom. The monoisotopic (exact) mass is 371 g/mol. The van der Waals surface area contributed by atoms with Crippen LogP contribution >= 0.6 is 0 Å². The highest BCUT2D eigenvalue weighted by Gasteiger charge is 2.38. The summed E-state index contributed by atoms with van der Waals surface area (Å²) in [6.45, 7) is 1.23. The standard InChI is InChI=1S/C17H15F2N7O/c1-17(18,19)15-22-23-16(27-15)25-7-5-11-13(21-9-20-11)14(25)12-8-10-4-2-3-6-26(10)24-12/h2-4,6,8-9,14H,5,7H2,1H3,(H,20,21)/t14-/m1/s1. The van der Waals surface area contributed by atoms with Crippen LogP contribution in [-0.4, -0.2) is 36.3 Å². The molecule has 0 saturated carbocycles. The van der Waals surface area contributed by atoms with Crippen molar-refractivity contribution in [1.82, 2.24) is 29.8 Å². The normalized spacial score (nSPS) is 17.4. The molecule has 0 amide bonds. The number of nitrogens with one attached hydrogen (secondary N) is 1. The van der Waals surface area contributed by atoms with E-state index in [-0.39, 0.29) is 6.01 Å². The van der Waals surface area contributed by atoms with E-state index in [1.807, 2.05) is 30.5 Å². The first kappa shape index (κ1) is 15.9. The van der Waals surface area contributed by atoms with Crippen molar-refractivity contribution in [3.05, 3.63) is 59.8 Å². The summed E-state index contributed by atoms with van der Waals surface area (Å²) in [5.41, 5.74) is 3.39. The number of rotatable bonds is 3. The van der Waals surface area contributed by atoms with Crippen LogP contribution < -0.4 is 4.90 Å². The van der Waals surface area contributed by atoms with Crippen molar-refractivity contribution < 1.29 is 13.2 Å². The zero-order valence-electron chi connectivity index (χ0n) is 14.3. The van der Waals surface area contributed by atoms with Gasteiger partial charge in [0.1, 0.15) is 6.04 Å². The predicted molar refractivity (Wildman–Crippen MR) is 90.5 cm³/mol. The third kappa shape index (κ3) is 2.56. The number of fused-ring (bicyclic) bond motifs is 2. The number of nitrogens with zero attached hydrogens (tertiary/aromatic N) is 6. The lowest BCUT2D eigenvalue weighted by Gasteiger charge is -2.32. The number of imidazole rings is 1. The van der Waals surface area contributed by atoms with E-state index in [0.29, 0.717) is 13.0 Å². The molecule has 0 bridgehead atoms. The maximum atomic E-state index is 13.5. The molecule has 0 unspecified atom stereocenters. The number of hydrogen-bond acceptors (Lipinski definition) is 6. The highest BCUT2D eigenvalue weighted by molar-refractivity contribution is 5.51. The topological polar surface area (TPSA) is 88.1 Å². The fourth-order valence-electron chi connectivity index (χ4n) is 3.38. The zero-order valence-corrected chi connectivity index (χ0v) is 14.3. The van der Waals surface area contributed by atoms with Gasteiger partial charge < -0.3 is 14.3 Å². The summed E-state index contributed by atoms with van der Waals surface area (Å²) in [7, 11) is 0. The van der Waals surface area contributed by atoms with Gasteiger partial charge in [0.05, 0.1) is 23.2 Å². The molecule has 0 aliphatic carbocycles. The Labute approximate surface area is 151 Å². The van der Waals surface area contributed by atoms with Crippen molar-refractivity contribution in [3.8, 4) is 0 Å². The van der Waals surface area contributed by atoms with E-state index in [0.717, 1.165) is 29.5 Å². The van der Waals surface area contributed by atoms with Crippen LogP contribution in [0, 0.1) is 0 Å². The van der Waals surface area contributed by atoms with Gasteiger partial charge in [-0.25, -0.2) is 9.50 Å². The SMILES string of the molecule is CC(F)(F)c1nnc(N2CCc3[nH]cnc3[C@H]2c2cc3ccccn3n2)o1. The average Bonchev–Trinajstić information content (AvgIpc) is 3.37. The van der Waals surface area contributed by atoms with E-state index < -0.39 is 17.9 Å². The lowest BCUT2D eigenvalue weighted by molar-refractivity contribution is -0.0107. The Morgan fingerprint density at radius 2 is 2.19 bits per heavy atom. The molecule has 10 heteroatoms. The van der Waals surface area contributed by atoms with E-state index >= 15 is 0 Å². The smallest absolute Gasteiger partial charge is 0.321 e. The molecule has 0 aromatic carbocycles. The number of halogens is 2. The first-order valence-corrected chi connectivity index (χ1v) is 8.45. The zero-order chi connectivity index (χ0) is 18.6. The quantitative estimate of drug-likeness (QED) is 0.596. The minimum atomic E-state index is -3.20. The van der Waals surface area contributed by atoms with Gasteiger partial charge in [-0.15, -0.1) is 5.10 Å². The van der Waals surface area contributed by atoms with Crippen molar-refractivity contribution in [1.29, 1.82) is 0 Å².